The molecule has 0 radical (unpaired) electrons. The Bertz CT molecular complexity index is 1040. The molecule has 0 unspecified atom stereocenters. The van der Waals surface area contributed by atoms with Crippen LogP contribution in [0.4, 0.5) is 0 Å². The van der Waals surface area contributed by atoms with Gasteiger partial charge in [0.2, 0.25) is 0 Å². The van der Waals surface area contributed by atoms with Gasteiger partial charge in [0.15, 0.2) is 0 Å². The van der Waals surface area contributed by atoms with Crippen LogP contribution in [0.5, 0.6) is 5.75 Å². The van der Waals surface area contributed by atoms with Crippen molar-refractivity contribution in [1.82, 2.24) is 10.8 Å². The van der Waals surface area contributed by atoms with E-state index in [2.05, 4.69) is 10.1 Å². The van der Waals surface area contributed by atoms with Gasteiger partial charge in [-0.25, -0.2) is 5.48 Å². The van der Waals surface area contributed by atoms with E-state index in [0.717, 1.165) is 21.2 Å². The molecule has 164 valence electrons. The van der Waals surface area contributed by atoms with Crippen molar-refractivity contribution in [2.75, 3.05) is 13.7 Å². The van der Waals surface area contributed by atoms with E-state index in [9.17, 15) is 9.59 Å². The molecule has 0 spiro atoms. The molecule has 31 heavy (non-hydrogen) atoms. The minimum absolute atomic E-state index is 0.334. The van der Waals surface area contributed by atoms with Crippen molar-refractivity contribution in [2.45, 2.75) is 25.6 Å². The molecule has 0 aliphatic rings. The number of esters is 1. The number of rotatable bonds is 10. The summed E-state index contributed by atoms with van der Waals surface area (Å²) in [5.41, 5.74) is 9.56. The molecule has 0 bridgehead atoms. The second-order valence-corrected chi connectivity index (χ2v) is 8.02. The van der Waals surface area contributed by atoms with Gasteiger partial charge in [0.1, 0.15) is 11.8 Å². The van der Waals surface area contributed by atoms with E-state index >= 15 is 0 Å². The maximum absolute atomic E-state index is 11.6. The first-order valence-corrected chi connectivity index (χ1v) is 10.5. The maximum atomic E-state index is 11.6. The normalized spacial score (nSPS) is 11.8. The number of nitrogens with one attached hydrogen (secondary N) is 2. The highest BCUT2D eigenvalue weighted by molar-refractivity contribution is 7.20. The summed E-state index contributed by atoms with van der Waals surface area (Å²) in [5.74, 6) is -0.231. The predicted molar refractivity (Wildman–Crippen MR) is 118 cm³/mol. The van der Waals surface area contributed by atoms with Gasteiger partial charge in [-0.2, -0.15) is 0 Å². The van der Waals surface area contributed by atoms with E-state index in [1.54, 1.807) is 11.5 Å². The average Bonchev–Trinajstić information content (AvgIpc) is 3.22. The molecular formula is C22H25N3O5S. The van der Waals surface area contributed by atoms with Gasteiger partial charge in [0, 0.05) is 24.2 Å². The fourth-order valence-corrected chi connectivity index (χ4v) is 4.00. The molecule has 1 atom stereocenters. The standard InChI is InChI=1S/C22H25N3O5S/c1-29-22(27)18(23)8-9-30-17-6-3-14(4-7-17)12-24-13-15-2-5-16-11-20(21(26)25-28)31-19(16)10-15/h2-7,10-11,18,24,28H,8-9,12-13,23H2,1H3,(H,25,26)/t18-/m1/s1. The van der Waals surface area contributed by atoms with Crippen LogP contribution in [0, 0.1) is 0 Å². The second kappa shape index (κ2) is 10.9. The molecule has 1 aromatic heterocycles. The number of carbonyl (C=O) groups excluding carboxylic acids is 2. The number of nitrogens with two attached hydrogens (primary N) is 1. The van der Waals surface area contributed by atoms with Crippen molar-refractivity contribution in [2.24, 2.45) is 5.73 Å². The van der Waals surface area contributed by atoms with Crippen LogP contribution >= 0.6 is 11.3 Å². The number of hydrogen-bond donors (Lipinski definition) is 4. The quantitative estimate of drug-likeness (QED) is 0.216. The molecule has 0 aliphatic heterocycles. The van der Waals surface area contributed by atoms with E-state index in [0.29, 0.717) is 36.7 Å². The molecule has 2 aromatic carbocycles. The Labute approximate surface area is 183 Å². The Hall–Kier alpha value is -2.98. The number of carbonyl (C=O) groups is 2. The third-order valence-corrected chi connectivity index (χ3v) is 5.79. The first kappa shape index (κ1) is 22.7. The summed E-state index contributed by atoms with van der Waals surface area (Å²) in [4.78, 5) is 23.3. The number of methoxy groups -OCH3 is 1. The Balaban J connectivity index is 1.46. The number of amides is 1. The van der Waals surface area contributed by atoms with Crippen molar-refractivity contribution < 1.29 is 24.3 Å². The summed E-state index contributed by atoms with van der Waals surface area (Å²) in [7, 11) is 1.31. The summed E-state index contributed by atoms with van der Waals surface area (Å²) < 4.78 is 11.2. The lowest BCUT2D eigenvalue weighted by molar-refractivity contribution is -0.142. The Morgan fingerprint density at radius 2 is 1.81 bits per heavy atom. The molecule has 3 aromatic rings. The van der Waals surface area contributed by atoms with E-state index in [4.69, 9.17) is 15.7 Å². The third-order valence-electron chi connectivity index (χ3n) is 4.69. The van der Waals surface area contributed by atoms with Crippen LogP contribution in [-0.2, 0) is 22.6 Å². The van der Waals surface area contributed by atoms with Gasteiger partial charge in [-0.15, -0.1) is 11.3 Å². The summed E-state index contributed by atoms with van der Waals surface area (Å²) in [6.45, 7) is 1.70. The van der Waals surface area contributed by atoms with Gasteiger partial charge in [-0.1, -0.05) is 24.3 Å². The highest BCUT2D eigenvalue weighted by atomic mass is 32.1. The maximum Gasteiger partial charge on any atom is 0.322 e. The SMILES string of the molecule is COC(=O)[C@H](N)CCOc1ccc(CNCc2ccc3cc(C(=O)NO)sc3c2)cc1. The minimum Gasteiger partial charge on any atom is -0.494 e. The van der Waals surface area contributed by atoms with Crippen molar-refractivity contribution in [3.63, 3.8) is 0 Å². The zero-order valence-corrected chi connectivity index (χ0v) is 17.9. The number of hydrogen-bond acceptors (Lipinski definition) is 8. The van der Waals surface area contributed by atoms with Crippen molar-refractivity contribution >= 4 is 33.3 Å². The van der Waals surface area contributed by atoms with Crippen molar-refractivity contribution in [3.8, 4) is 5.75 Å². The Kier molecular flexibility index (Phi) is 7.96. The van der Waals surface area contributed by atoms with E-state index in [-0.39, 0.29) is 0 Å². The third kappa shape index (κ3) is 6.25. The lowest BCUT2D eigenvalue weighted by Gasteiger charge is -2.11. The van der Waals surface area contributed by atoms with Gasteiger partial charge in [0.25, 0.3) is 5.91 Å². The monoisotopic (exact) mass is 443 g/mol. The predicted octanol–water partition coefficient (Wildman–Crippen LogP) is 2.58. The summed E-state index contributed by atoms with van der Waals surface area (Å²) >= 11 is 1.34. The highest BCUT2D eigenvalue weighted by Gasteiger charge is 2.13. The average molecular weight is 444 g/mol. The van der Waals surface area contributed by atoms with Gasteiger partial charge < -0.3 is 20.5 Å². The summed E-state index contributed by atoms with van der Waals surface area (Å²) in [6.07, 6.45) is 0.386. The topological polar surface area (TPSA) is 123 Å². The van der Waals surface area contributed by atoms with Crippen LogP contribution in [-0.4, -0.2) is 36.8 Å². The number of fused-ring (bicyclic) bond motifs is 1. The molecule has 0 fully saturated rings. The fourth-order valence-electron chi connectivity index (χ4n) is 2.98. The van der Waals surface area contributed by atoms with Gasteiger partial charge >= 0.3 is 5.97 Å². The van der Waals surface area contributed by atoms with Crippen LogP contribution in [0.2, 0.25) is 0 Å². The molecule has 0 aliphatic carbocycles. The summed E-state index contributed by atoms with van der Waals surface area (Å²) in [6, 6.07) is 14.8. The molecule has 0 saturated carbocycles. The van der Waals surface area contributed by atoms with Crippen LogP contribution in [0.3, 0.4) is 0 Å². The zero-order chi connectivity index (χ0) is 22.2. The lowest BCUT2D eigenvalue weighted by atomic mass is 10.1. The van der Waals surface area contributed by atoms with Crippen LogP contribution in [0.15, 0.2) is 48.5 Å². The number of ether oxygens (including phenoxy) is 2. The van der Waals surface area contributed by atoms with Gasteiger partial charge in [-0.05, 0) is 40.8 Å². The highest BCUT2D eigenvalue weighted by Crippen LogP contribution is 2.26. The van der Waals surface area contributed by atoms with Crippen molar-refractivity contribution in [1.29, 1.82) is 0 Å². The Morgan fingerprint density at radius 3 is 2.52 bits per heavy atom. The molecule has 0 saturated heterocycles. The van der Waals surface area contributed by atoms with E-state index < -0.39 is 17.9 Å². The smallest absolute Gasteiger partial charge is 0.322 e. The molecule has 3 rings (SSSR count). The van der Waals surface area contributed by atoms with Crippen LogP contribution < -0.4 is 21.3 Å². The molecule has 1 amide bonds. The minimum atomic E-state index is -0.680. The molecular weight excluding hydrogens is 418 g/mol. The van der Waals surface area contributed by atoms with Crippen molar-refractivity contribution in [3.05, 3.63) is 64.5 Å². The molecule has 5 N–H and O–H groups in total. The molecule has 1 heterocycles. The van der Waals surface area contributed by atoms with E-state index in [1.807, 2.05) is 42.5 Å². The lowest BCUT2D eigenvalue weighted by Crippen LogP contribution is -2.33. The van der Waals surface area contributed by atoms with Gasteiger partial charge in [0.05, 0.1) is 18.6 Å². The van der Waals surface area contributed by atoms with Crippen LogP contribution in [0.1, 0.15) is 27.2 Å². The number of benzene rings is 2. The van der Waals surface area contributed by atoms with E-state index in [1.165, 1.54) is 18.4 Å². The molecule has 9 heteroatoms. The van der Waals surface area contributed by atoms with Crippen LogP contribution in [0.25, 0.3) is 10.1 Å². The second-order valence-electron chi connectivity index (χ2n) is 6.94. The summed E-state index contributed by atoms with van der Waals surface area (Å²) in [5, 5.41) is 13.1. The van der Waals surface area contributed by atoms with Gasteiger partial charge in [-0.3, -0.25) is 14.8 Å². The Morgan fingerprint density at radius 1 is 1.10 bits per heavy atom. The zero-order valence-electron chi connectivity index (χ0n) is 17.1. The fraction of sp³-hybridized carbons (Fsp3) is 0.273. The first-order chi connectivity index (χ1) is 15.0. The first-order valence-electron chi connectivity index (χ1n) is 9.73. The molecule has 8 nitrogen and oxygen atoms in total. The largest absolute Gasteiger partial charge is 0.494 e. The number of thiophene rings is 1. The number of hydroxylamine groups is 1.